The summed E-state index contributed by atoms with van der Waals surface area (Å²) in [4.78, 5) is 0. The summed E-state index contributed by atoms with van der Waals surface area (Å²) in [6.07, 6.45) is 0.954. The van der Waals surface area contributed by atoms with Crippen molar-refractivity contribution in [2.45, 2.75) is 26.3 Å². The van der Waals surface area contributed by atoms with E-state index in [9.17, 15) is 4.39 Å². The van der Waals surface area contributed by atoms with Gasteiger partial charge in [0.15, 0.2) is 0 Å². The van der Waals surface area contributed by atoms with Crippen LogP contribution in [-0.2, 0) is 0 Å². The molecule has 0 fully saturated rings. The first kappa shape index (κ1) is 16.3. The summed E-state index contributed by atoms with van der Waals surface area (Å²) in [6.45, 7) is 4.71. The number of rotatable bonds is 5. The van der Waals surface area contributed by atoms with Crippen molar-refractivity contribution in [1.82, 2.24) is 5.32 Å². The van der Waals surface area contributed by atoms with Gasteiger partial charge in [-0.2, -0.15) is 0 Å². The SMILES string of the molecule is CCCNC(c1ccc(C)cc1F)c1ccc(Cl)cc1Cl. The van der Waals surface area contributed by atoms with Gasteiger partial charge >= 0.3 is 0 Å². The third-order valence-corrected chi connectivity index (χ3v) is 3.90. The standard InChI is InChI=1S/C17H18Cl2FN/c1-3-8-21-17(13-7-5-12(18)10-15(13)19)14-6-4-11(2)9-16(14)20/h4-7,9-10,17,21H,3,8H2,1-2H3. The van der Waals surface area contributed by atoms with Gasteiger partial charge in [-0.3, -0.25) is 0 Å². The van der Waals surface area contributed by atoms with Gasteiger partial charge in [-0.1, -0.05) is 48.3 Å². The van der Waals surface area contributed by atoms with Crippen LogP contribution in [0.1, 0.15) is 36.1 Å². The third-order valence-electron chi connectivity index (χ3n) is 3.34. The third kappa shape index (κ3) is 3.97. The maximum Gasteiger partial charge on any atom is 0.128 e. The molecule has 0 aromatic heterocycles. The van der Waals surface area contributed by atoms with E-state index in [4.69, 9.17) is 23.2 Å². The second-order valence-electron chi connectivity index (χ2n) is 5.08. The fraction of sp³-hybridized carbons (Fsp3) is 0.294. The predicted molar refractivity (Wildman–Crippen MR) is 87.7 cm³/mol. The zero-order valence-electron chi connectivity index (χ0n) is 12.1. The molecule has 0 radical (unpaired) electrons. The average Bonchev–Trinajstić information content (AvgIpc) is 2.42. The molecule has 2 aromatic carbocycles. The minimum absolute atomic E-state index is 0.227. The molecule has 0 amide bonds. The Balaban J connectivity index is 2.46. The highest BCUT2D eigenvalue weighted by atomic mass is 35.5. The molecular formula is C17H18Cl2FN. The molecule has 0 saturated heterocycles. The van der Waals surface area contributed by atoms with Gasteiger partial charge in [-0.15, -0.1) is 0 Å². The summed E-state index contributed by atoms with van der Waals surface area (Å²) in [5.41, 5.74) is 2.32. The highest BCUT2D eigenvalue weighted by Crippen LogP contribution is 2.32. The van der Waals surface area contributed by atoms with Gasteiger partial charge in [0.25, 0.3) is 0 Å². The molecule has 1 N–H and O–H groups in total. The van der Waals surface area contributed by atoms with Gasteiger partial charge in [0.2, 0.25) is 0 Å². The molecule has 112 valence electrons. The van der Waals surface area contributed by atoms with Gasteiger partial charge in [-0.25, -0.2) is 4.39 Å². The Morgan fingerprint density at radius 3 is 2.43 bits per heavy atom. The molecule has 21 heavy (non-hydrogen) atoms. The van der Waals surface area contributed by atoms with E-state index in [1.807, 2.05) is 25.1 Å². The van der Waals surface area contributed by atoms with E-state index in [0.29, 0.717) is 15.6 Å². The van der Waals surface area contributed by atoms with E-state index in [0.717, 1.165) is 24.1 Å². The molecule has 0 heterocycles. The van der Waals surface area contributed by atoms with E-state index in [1.54, 1.807) is 18.2 Å². The zero-order valence-corrected chi connectivity index (χ0v) is 13.6. The Morgan fingerprint density at radius 2 is 1.81 bits per heavy atom. The van der Waals surface area contributed by atoms with Crippen LogP contribution in [-0.4, -0.2) is 6.54 Å². The number of benzene rings is 2. The Kier molecular flexibility index (Phi) is 5.63. The van der Waals surface area contributed by atoms with Crippen LogP contribution in [0.5, 0.6) is 0 Å². The molecule has 2 aromatic rings. The Morgan fingerprint density at radius 1 is 1.10 bits per heavy atom. The van der Waals surface area contributed by atoms with Gasteiger partial charge in [0.05, 0.1) is 6.04 Å². The topological polar surface area (TPSA) is 12.0 Å². The largest absolute Gasteiger partial charge is 0.306 e. The molecule has 0 aliphatic heterocycles. The lowest BCUT2D eigenvalue weighted by Gasteiger charge is -2.21. The highest BCUT2D eigenvalue weighted by molar-refractivity contribution is 6.35. The molecule has 0 aliphatic rings. The molecule has 4 heteroatoms. The van der Waals surface area contributed by atoms with Crippen LogP contribution in [0.2, 0.25) is 10.0 Å². The number of hydrogen-bond donors (Lipinski definition) is 1. The van der Waals surface area contributed by atoms with Crippen LogP contribution in [0.3, 0.4) is 0 Å². The van der Waals surface area contributed by atoms with Crippen molar-refractivity contribution in [2.75, 3.05) is 6.54 Å². The molecule has 1 nitrogen and oxygen atoms in total. The monoisotopic (exact) mass is 325 g/mol. The molecule has 0 aliphatic carbocycles. The van der Waals surface area contributed by atoms with Crippen molar-refractivity contribution in [3.8, 4) is 0 Å². The van der Waals surface area contributed by atoms with E-state index in [-0.39, 0.29) is 11.9 Å². The zero-order chi connectivity index (χ0) is 15.4. The summed E-state index contributed by atoms with van der Waals surface area (Å²) in [7, 11) is 0. The molecule has 0 spiro atoms. The van der Waals surface area contributed by atoms with Crippen molar-refractivity contribution in [1.29, 1.82) is 0 Å². The summed E-state index contributed by atoms with van der Waals surface area (Å²) in [6, 6.07) is 10.3. The van der Waals surface area contributed by atoms with Crippen LogP contribution in [0, 0.1) is 12.7 Å². The first-order valence-electron chi connectivity index (χ1n) is 6.97. The van der Waals surface area contributed by atoms with Gasteiger partial charge < -0.3 is 5.32 Å². The van der Waals surface area contributed by atoms with Crippen molar-refractivity contribution in [3.63, 3.8) is 0 Å². The lowest BCUT2D eigenvalue weighted by molar-refractivity contribution is 0.546. The maximum atomic E-state index is 14.3. The van der Waals surface area contributed by atoms with E-state index >= 15 is 0 Å². The van der Waals surface area contributed by atoms with Crippen molar-refractivity contribution >= 4 is 23.2 Å². The summed E-state index contributed by atoms with van der Waals surface area (Å²) in [5, 5.41) is 4.46. The van der Waals surface area contributed by atoms with Crippen LogP contribution >= 0.6 is 23.2 Å². The van der Waals surface area contributed by atoms with E-state index in [2.05, 4.69) is 12.2 Å². The van der Waals surface area contributed by atoms with Crippen molar-refractivity contribution < 1.29 is 4.39 Å². The Hall–Kier alpha value is -1.09. The van der Waals surface area contributed by atoms with Crippen LogP contribution in [0.4, 0.5) is 4.39 Å². The quantitative estimate of drug-likeness (QED) is 0.762. The fourth-order valence-electron chi connectivity index (χ4n) is 2.28. The van der Waals surface area contributed by atoms with Gasteiger partial charge in [-0.05, 0) is 49.2 Å². The number of aryl methyl sites for hydroxylation is 1. The van der Waals surface area contributed by atoms with Crippen molar-refractivity contribution in [2.24, 2.45) is 0 Å². The molecule has 1 atom stereocenters. The van der Waals surface area contributed by atoms with E-state index in [1.165, 1.54) is 0 Å². The second kappa shape index (κ2) is 7.26. The number of hydrogen-bond acceptors (Lipinski definition) is 1. The fourth-order valence-corrected chi connectivity index (χ4v) is 2.80. The van der Waals surface area contributed by atoms with Gasteiger partial charge in [0.1, 0.15) is 5.82 Å². The molecular weight excluding hydrogens is 308 g/mol. The highest BCUT2D eigenvalue weighted by Gasteiger charge is 2.20. The summed E-state index contributed by atoms with van der Waals surface area (Å²) in [5.74, 6) is -0.227. The minimum atomic E-state index is -0.282. The normalized spacial score (nSPS) is 12.4. The second-order valence-corrected chi connectivity index (χ2v) is 5.92. The van der Waals surface area contributed by atoms with E-state index < -0.39 is 0 Å². The average molecular weight is 326 g/mol. The van der Waals surface area contributed by atoms with Crippen LogP contribution in [0.15, 0.2) is 36.4 Å². The molecule has 2 rings (SSSR count). The molecule has 1 unspecified atom stereocenters. The lowest BCUT2D eigenvalue weighted by Crippen LogP contribution is -2.24. The lowest BCUT2D eigenvalue weighted by atomic mass is 9.97. The molecule has 0 saturated carbocycles. The molecule has 0 bridgehead atoms. The van der Waals surface area contributed by atoms with Crippen LogP contribution in [0.25, 0.3) is 0 Å². The number of nitrogens with one attached hydrogen (secondary N) is 1. The minimum Gasteiger partial charge on any atom is -0.306 e. The summed E-state index contributed by atoms with van der Waals surface area (Å²) >= 11 is 12.2. The van der Waals surface area contributed by atoms with Crippen molar-refractivity contribution in [3.05, 3.63) is 69.0 Å². The smallest absolute Gasteiger partial charge is 0.128 e. The first-order valence-corrected chi connectivity index (χ1v) is 7.73. The number of halogens is 3. The Labute approximate surface area is 135 Å². The predicted octanol–water partition coefficient (Wildman–Crippen LogP) is 5.53. The summed E-state index contributed by atoms with van der Waals surface area (Å²) < 4.78 is 14.3. The first-order chi connectivity index (χ1) is 10.0. The van der Waals surface area contributed by atoms with Gasteiger partial charge in [0, 0.05) is 15.6 Å². The maximum absolute atomic E-state index is 14.3. The Bertz CT molecular complexity index is 577. The van der Waals surface area contributed by atoms with Crippen LogP contribution < -0.4 is 5.32 Å².